The number of thiophene rings is 1. The van der Waals surface area contributed by atoms with Crippen LogP contribution in [-0.4, -0.2) is 29.6 Å². The molecule has 0 radical (unpaired) electrons. The normalized spacial score (nSPS) is 23.7. The monoisotopic (exact) mass is 344 g/mol. The molecule has 1 aliphatic heterocycles. The van der Waals surface area contributed by atoms with Crippen LogP contribution >= 0.6 is 27.3 Å². The molecule has 1 aliphatic rings. The first-order valence-corrected chi connectivity index (χ1v) is 9.02. The maximum absolute atomic E-state index is 3.74. The van der Waals surface area contributed by atoms with Crippen molar-refractivity contribution in [2.45, 2.75) is 58.2 Å². The second-order valence-electron chi connectivity index (χ2n) is 5.49. The highest BCUT2D eigenvalue weighted by Gasteiger charge is 2.38. The molecule has 1 aromatic rings. The van der Waals surface area contributed by atoms with Gasteiger partial charge in [-0.05, 0) is 46.6 Å². The van der Waals surface area contributed by atoms with Crippen molar-refractivity contribution in [3.8, 4) is 0 Å². The van der Waals surface area contributed by atoms with Gasteiger partial charge in [-0.15, -0.1) is 11.3 Å². The van der Waals surface area contributed by atoms with Crippen molar-refractivity contribution in [2.24, 2.45) is 0 Å². The zero-order valence-corrected chi connectivity index (χ0v) is 14.6. The summed E-state index contributed by atoms with van der Waals surface area (Å²) in [6.07, 6.45) is 3.65. The molecule has 4 heteroatoms. The molecule has 19 heavy (non-hydrogen) atoms. The Bertz CT molecular complexity index is 401. The first kappa shape index (κ1) is 15.5. The number of nitrogens with zero attached hydrogens (tertiary/aromatic N) is 1. The first-order chi connectivity index (χ1) is 9.15. The Morgan fingerprint density at radius 1 is 1.42 bits per heavy atom. The second kappa shape index (κ2) is 6.70. The van der Waals surface area contributed by atoms with E-state index in [2.05, 4.69) is 58.4 Å². The van der Waals surface area contributed by atoms with E-state index in [1.165, 1.54) is 35.2 Å². The molecule has 0 aromatic carbocycles. The summed E-state index contributed by atoms with van der Waals surface area (Å²) in [5.74, 6) is 0. The highest BCUT2D eigenvalue weighted by molar-refractivity contribution is 9.10. The van der Waals surface area contributed by atoms with Gasteiger partial charge < -0.3 is 5.32 Å². The molecule has 1 N–H and O–H groups in total. The molecule has 108 valence electrons. The summed E-state index contributed by atoms with van der Waals surface area (Å²) in [4.78, 5) is 4.18. The zero-order valence-electron chi connectivity index (χ0n) is 12.2. The van der Waals surface area contributed by atoms with Crippen LogP contribution in [0.4, 0.5) is 0 Å². The molecule has 1 fully saturated rings. The Morgan fingerprint density at radius 3 is 2.68 bits per heavy atom. The van der Waals surface area contributed by atoms with Gasteiger partial charge in [-0.2, -0.15) is 0 Å². The van der Waals surface area contributed by atoms with E-state index in [4.69, 9.17) is 0 Å². The lowest BCUT2D eigenvalue weighted by atomic mass is 9.86. The van der Waals surface area contributed by atoms with E-state index in [0.717, 1.165) is 13.1 Å². The molecule has 0 saturated carbocycles. The van der Waals surface area contributed by atoms with Crippen LogP contribution in [-0.2, 0) is 6.54 Å². The minimum Gasteiger partial charge on any atom is -0.311 e. The van der Waals surface area contributed by atoms with Crippen LogP contribution in [0.5, 0.6) is 0 Å². The van der Waals surface area contributed by atoms with Gasteiger partial charge in [-0.1, -0.05) is 20.8 Å². The molecular weight excluding hydrogens is 320 g/mol. The smallest absolute Gasteiger partial charge is 0.0346 e. The maximum Gasteiger partial charge on any atom is 0.0346 e. The van der Waals surface area contributed by atoms with Crippen molar-refractivity contribution in [3.63, 3.8) is 0 Å². The third-order valence-electron chi connectivity index (χ3n) is 4.67. The summed E-state index contributed by atoms with van der Waals surface area (Å²) in [7, 11) is 0. The van der Waals surface area contributed by atoms with Crippen LogP contribution in [0.1, 0.15) is 44.9 Å². The van der Waals surface area contributed by atoms with Gasteiger partial charge in [0.25, 0.3) is 0 Å². The lowest BCUT2D eigenvalue weighted by Gasteiger charge is -2.49. The quantitative estimate of drug-likeness (QED) is 0.858. The minimum atomic E-state index is 0.328. The number of hydrogen-bond donors (Lipinski definition) is 1. The molecule has 0 spiro atoms. The summed E-state index contributed by atoms with van der Waals surface area (Å²) < 4.78 is 1.27. The lowest BCUT2D eigenvalue weighted by molar-refractivity contribution is 0.0245. The van der Waals surface area contributed by atoms with Gasteiger partial charge in [-0.25, -0.2) is 0 Å². The average molecular weight is 345 g/mol. The summed E-state index contributed by atoms with van der Waals surface area (Å²) in [6.45, 7) is 10.3. The van der Waals surface area contributed by atoms with Crippen molar-refractivity contribution in [1.82, 2.24) is 10.2 Å². The molecule has 0 aliphatic carbocycles. The van der Waals surface area contributed by atoms with Gasteiger partial charge in [0.1, 0.15) is 0 Å². The molecule has 2 rings (SSSR count). The molecule has 1 aromatic heterocycles. The average Bonchev–Trinajstić information content (AvgIpc) is 2.84. The van der Waals surface area contributed by atoms with E-state index in [1.54, 1.807) is 0 Å². The largest absolute Gasteiger partial charge is 0.311 e. The fourth-order valence-electron chi connectivity index (χ4n) is 3.03. The highest BCUT2D eigenvalue weighted by atomic mass is 79.9. The number of hydrogen-bond acceptors (Lipinski definition) is 3. The number of halogens is 1. The van der Waals surface area contributed by atoms with Gasteiger partial charge in [0, 0.05) is 40.6 Å². The number of piperazine rings is 1. The predicted octanol–water partition coefficient (Wildman–Crippen LogP) is 4.25. The van der Waals surface area contributed by atoms with Crippen LogP contribution < -0.4 is 5.32 Å². The summed E-state index contributed by atoms with van der Waals surface area (Å²) in [5.41, 5.74) is 0.328. The van der Waals surface area contributed by atoms with Gasteiger partial charge in [0.05, 0.1) is 0 Å². The Kier molecular flexibility index (Phi) is 5.46. The second-order valence-corrected chi connectivity index (χ2v) is 7.34. The third kappa shape index (κ3) is 3.23. The molecule has 1 saturated heterocycles. The molecule has 2 heterocycles. The molecule has 2 nitrogen and oxygen atoms in total. The summed E-state index contributed by atoms with van der Waals surface area (Å²) >= 11 is 5.54. The Labute approximate surface area is 129 Å². The van der Waals surface area contributed by atoms with Crippen molar-refractivity contribution < 1.29 is 0 Å². The molecule has 1 unspecified atom stereocenters. The third-order valence-corrected chi connectivity index (χ3v) is 6.58. The molecular formula is C15H25BrN2S. The van der Waals surface area contributed by atoms with Crippen molar-refractivity contribution >= 4 is 27.3 Å². The van der Waals surface area contributed by atoms with Crippen LogP contribution in [0.2, 0.25) is 0 Å². The van der Waals surface area contributed by atoms with Gasteiger partial charge in [0.2, 0.25) is 0 Å². The molecule has 0 amide bonds. The standard InChI is InChI=1S/C15H25BrN2S/c1-4-12-9-18(10-14-13(16)7-8-19-14)15(5-2,6-3)11-17-12/h7-8,12,17H,4-6,9-11H2,1-3H3. The minimum absolute atomic E-state index is 0.328. The first-order valence-electron chi connectivity index (χ1n) is 7.35. The Hall–Kier alpha value is 0.1000. The Morgan fingerprint density at radius 2 is 2.16 bits per heavy atom. The lowest BCUT2D eigenvalue weighted by Crippen LogP contribution is -2.63. The molecule has 1 atom stereocenters. The Balaban J connectivity index is 2.18. The van der Waals surface area contributed by atoms with Gasteiger partial charge >= 0.3 is 0 Å². The zero-order chi connectivity index (χ0) is 13.9. The molecule has 0 bridgehead atoms. The number of rotatable bonds is 5. The topological polar surface area (TPSA) is 15.3 Å². The fraction of sp³-hybridized carbons (Fsp3) is 0.733. The van der Waals surface area contributed by atoms with Crippen molar-refractivity contribution in [3.05, 3.63) is 20.8 Å². The van der Waals surface area contributed by atoms with E-state index in [-0.39, 0.29) is 0 Å². The fourth-order valence-corrected chi connectivity index (χ4v) is 4.53. The van der Waals surface area contributed by atoms with Crippen molar-refractivity contribution in [1.29, 1.82) is 0 Å². The van der Waals surface area contributed by atoms with Crippen LogP contribution in [0.25, 0.3) is 0 Å². The van der Waals surface area contributed by atoms with Crippen LogP contribution in [0.3, 0.4) is 0 Å². The maximum atomic E-state index is 3.74. The van der Waals surface area contributed by atoms with E-state index in [1.807, 2.05) is 11.3 Å². The van der Waals surface area contributed by atoms with E-state index < -0.39 is 0 Å². The van der Waals surface area contributed by atoms with E-state index in [0.29, 0.717) is 11.6 Å². The van der Waals surface area contributed by atoms with Crippen LogP contribution in [0.15, 0.2) is 15.9 Å². The van der Waals surface area contributed by atoms with Gasteiger partial charge in [0.15, 0.2) is 0 Å². The van der Waals surface area contributed by atoms with E-state index >= 15 is 0 Å². The van der Waals surface area contributed by atoms with Gasteiger partial charge in [-0.3, -0.25) is 4.90 Å². The predicted molar refractivity (Wildman–Crippen MR) is 87.8 cm³/mol. The van der Waals surface area contributed by atoms with E-state index in [9.17, 15) is 0 Å². The SMILES string of the molecule is CCC1CN(Cc2sccc2Br)C(CC)(CC)CN1. The highest BCUT2D eigenvalue weighted by Crippen LogP contribution is 2.32. The summed E-state index contributed by atoms with van der Waals surface area (Å²) in [6, 6.07) is 2.81. The van der Waals surface area contributed by atoms with Crippen LogP contribution in [0, 0.1) is 0 Å². The summed E-state index contributed by atoms with van der Waals surface area (Å²) in [5, 5.41) is 5.91. The number of nitrogens with one attached hydrogen (secondary N) is 1. The van der Waals surface area contributed by atoms with Crippen molar-refractivity contribution in [2.75, 3.05) is 13.1 Å².